The molecule has 0 radical (unpaired) electrons. The standard InChI is InChI=1S/C20H21ClN4O2S/c1-13-7-9-14(10-8-13)18-23-24-19(28)25(18)11-17(26)22-12-20(2,27)15-5-3-4-6-16(15)21/h3-10,27H,11-12H2,1-2H3,(H,22,26)(H,24,28)/t20-/m0/s1. The van der Waals surface area contributed by atoms with E-state index in [9.17, 15) is 9.90 Å². The van der Waals surface area contributed by atoms with E-state index in [1.807, 2.05) is 31.2 Å². The highest BCUT2D eigenvalue weighted by Gasteiger charge is 2.26. The summed E-state index contributed by atoms with van der Waals surface area (Å²) < 4.78 is 1.98. The van der Waals surface area contributed by atoms with Gasteiger partial charge >= 0.3 is 0 Å². The summed E-state index contributed by atoms with van der Waals surface area (Å²) >= 11 is 11.4. The molecule has 0 aliphatic heterocycles. The highest BCUT2D eigenvalue weighted by atomic mass is 35.5. The summed E-state index contributed by atoms with van der Waals surface area (Å²) in [4.78, 5) is 12.5. The number of hydrogen-bond acceptors (Lipinski definition) is 4. The lowest BCUT2D eigenvalue weighted by atomic mass is 9.96. The van der Waals surface area contributed by atoms with Gasteiger partial charge in [-0.15, -0.1) is 0 Å². The zero-order valence-electron chi connectivity index (χ0n) is 15.6. The first-order valence-corrected chi connectivity index (χ1v) is 9.53. The average Bonchev–Trinajstić information content (AvgIpc) is 3.01. The average molecular weight is 417 g/mol. The van der Waals surface area contributed by atoms with Crippen LogP contribution in [-0.2, 0) is 16.9 Å². The van der Waals surface area contributed by atoms with Crippen molar-refractivity contribution in [1.82, 2.24) is 20.1 Å². The fraction of sp³-hybridized carbons (Fsp3) is 0.250. The van der Waals surface area contributed by atoms with E-state index in [-0.39, 0.29) is 19.0 Å². The first kappa shape index (κ1) is 20.3. The number of H-pyrrole nitrogens is 1. The molecule has 0 aliphatic rings. The van der Waals surface area contributed by atoms with E-state index in [2.05, 4.69) is 15.5 Å². The van der Waals surface area contributed by atoms with Gasteiger partial charge in [0.15, 0.2) is 10.6 Å². The van der Waals surface area contributed by atoms with Crippen LogP contribution in [0, 0.1) is 11.7 Å². The Hall–Kier alpha value is -2.48. The van der Waals surface area contributed by atoms with Crippen LogP contribution in [0.5, 0.6) is 0 Å². The van der Waals surface area contributed by atoms with Crippen molar-refractivity contribution in [3.05, 3.63) is 69.5 Å². The summed E-state index contributed by atoms with van der Waals surface area (Å²) in [7, 11) is 0. The number of hydrogen-bond donors (Lipinski definition) is 3. The topological polar surface area (TPSA) is 82.9 Å². The van der Waals surface area contributed by atoms with E-state index in [1.165, 1.54) is 0 Å². The molecule has 3 N–H and O–H groups in total. The number of carbonyl (C=O) groups is 1. The predicted octanol–water partition coefficient (Wildman–Crippen LogP) is 3.59. The molecule has 1 amide bonds. The number of halogens is 1. The minimum Gasteiger partial charge on any atom is -0.384 e. The number of rotatable bonds is 6. The summed E-state index contributed by atoms with van der Waals surface area (Å²) in [6, 6.07) is 14.8. The van der Waals surface area contributed by atoms with Crippen molar-refractivity contribution in [2.75, 3.05) is 6.54 Å². The van der Waals surface area contributed by atoms with Crippen molar-refractivity contribution in [2.45, 2.75) is 26.0 Å². The van der Waals surface area contributed by atoms with E-state index in [1.54, 1.807) is 35.8 Å². The maximum atomic E-state index is 12.5. The molecule has 3 aromatic rings. The second kappa shape index (κ2) is 8.26. The summed E-state index contributed by atoms with van der Waals surface area (Å²) in [5.41, 5.74) is 1.24. The Labute approximate surface area is 173 Å². The van der Waals surface area contributed by atoms with Crippen LogP contribution < -0.4 is 5.32 Å². The molecule has 146 valence electrons. The van der Waals surface area contributed by atoms with Crippen LogP contribution in [0.3, 0.4) is 0 Å². The smallest absolute Gasteiger partial charge is 0.240 e. The molecule has 0 fully saturated rings. The number of aryl methyl sites for hydroxylation is 1. The fourth-order valence-corrected chi connectivity index (χ4v) is 3.39. The Morgan fingerprint density at radius 2 is 1.96 bits per heavy atom. The summed E-state index contributed by atoms with van der Waals surface area (Å²) in [5.74, 6) is 0.288. The number of carbonyl (C=O) groups excluding carboxylic acids is 1. The fourth-order valence-electron chi connectivity index (χ4n) is 2.85. The van der Waals surface area contributed by atoms with Crippen molar-refractivity contribution in [2.24, 2.45) is 0 Å². The number of aromatic nitrogens is 3. The molecular formula is C20H21ClN4O2S. The quantitative estimate of drug-likeness (QED) is 0.536. The second-order valence-electron chi connectivity index (χ2n) is 6.83. The lowest BCUT2D eigenvalue weighted by Crippen LogP contribution is -2.40. The normalized spacial score (nSPS) is 13.1. The molecule has 3 rings (SSSR count). The molecule has 0 unspecified atom stereocenters. The number of aromatic amines is 1. The first-order valence-electron chi connectivity index (χ1n) is 8.74. The van der Waals surface area contributed by atoms with Crippen LogP contribution in [0.1, 0.15) is 18.1 Å². The Balaban J connectivity index is 1.72. The summed E-state index contributed by atoms with van der Waals surface area (Å²) in [5, 5.41) is 20.9. The van der Waals surface area contributed by atoms with E-state index >= 15 is 0 Å². The number of amides is 1. The van der Waals surface area contributed by atoms with Crippen LogP contribution in [-0.4, -0.2) is 32.3 Å². The molecule has 0 saturated carbocycles. The van der Waals surface area contributed by atoms with Gasteiger partial charge in [0.25, 0.3) is 0 Å². The van der Waals surface area contributed by atoms with Crippen LogP contribution >= 0.6 is 23.8 Å². The van der Waals surface area contributed by atoms with Crippen LogP contribution in [0.4, 0.5) is 0 Å². The van der Waals surface area contributed by atoms with Crippen molar-refractivity contribution in [1.29, 1.82) is 0 Å². The maximum absolute atomic E-state index is 12.5. The van der Waals surface area contributed by atoms with Gasteiger partial charge in [-0.2, -0.15) is 5.10 Å². The zero-order chi connectivity index (χ0) is 20.3. The second-order valence-corrected chi connectivity index (χ2v) is 7.63. The lowest BCUT2D eigenvalue weighted by Gasteiger charge is -2.25. The van der Waals surface area contributed by atoms with Crippen molar-refractivity contribution in [3.63, 3.8) is 0 Å². The number of nitrogens with zero attached hydrogens (tertiary/aromatic N) is 2. The highest BCUT2D eigenvalue weighted by molar-refractivity contribution is 7.71. The van der Waals surface area contributed by atoms with Gasteiger partial charge in [-0.05, 0) is 32.1 Å². The number of benzene rings is 2. The zero-order valence-corrected chi connectivity index (χ0v) is 17.1. The van der Waals surface area contributed by atoms with Gasteiger partial charge in [0.05, 0.1) is 6.54 Å². The van der Waals surface area contributed by atoms with Gasteiger partial charge in [-0.3, -0.25) is 14.5 Å². The third kappa shape index (κ3) is 4.49. The molecule has 0 aliphatic carbocycles. The number of nitrogens with one attached hydrogen (secondary N) is 2. The van der Waals surface area contributed by atoms with Crippen molar-refractivity contribution < 1.29 is 9.90 Å². The summed E-state index contributed by atoms with van der Waals surface area (Å²) in [6.07, 6.45) is 0. The Bertz CT molecular complexity index is 1040. The third-order valence-corrected chi connectivity index (χ3v) is 5.09. The molecule has 2 aromatic carbocycles. The van der Waals surface area contributed by atoms with Gasteiger partial charge in [-0.1, -0.05) is 59.6 Å². The Morgan fingerprint density at radius 3 is 2.64 bits per heavy atom. The molecule has 1 aromatic heterocycles. The van der Waals surface area contributed by atoms with Crippen LogP contribution in [0.15, 0.2) is 48.5 Å². The van der Waals surface area contributed by atoms with Gasteiger partial charge in [-0.25, -0.2) is 0 Å². The molecule has 1 heterocycles. The molecule has 28 heavy (non-hydrogen) atoms. The third-order valence-electron chi connectivity index (χ3n) is 4.45. The molecule has 6 nitrogen and oxygen atoms in total. The molecule has 1 atom stereocenters. The van der Waals surface area contributed by atoms with Crippen LogP contribution in [0.25, 0.3) is 11.4 Å². The van der Waals surface area contributed by atoms with E-state index < -0.39 is 5.60 Å². The minimum absolute atomic E-state index is 0.0145. The number of aliphatic hydroxyl groups is 1. The molecule has 0 spiro atoms. The van der Waals surface area contributed by atoms with Gasteiger partial charge in [0.2, 0.25) is 5.91 Å². The van der Waals surface area contributed by atoms with Gasteiger partial charge in [0, 0.05) is 16.1 Å². The Kier molecular flexibility index (Phi) is 5.98. The lowest BCUT2D eigenvalue weighted by molar-refractivity contribution is -0.122. The minimum atomic E-state index is -1.30. The predicted molar refractivity (Wildman–Crippen MR) is 112 cm³/mol. The monoisotopic (exact) mass is 416 g/mol. The highest BCUT2D eigenvalue weighted by Crippen LogP contribution is 2.27. The summed E-state index contributed by atoms with van der Waals surface area (Å²) in [6.45, 7) is 3.60. The van der Waals surface area contributed by atoms with E-state index in [0.29, 0.717) is 21.2 Å². The Morgan fingerprint density at radius 1 is 1.29 bits per heavy atom. The largest absolute Gasteiger partial charge is 0.384 e. The van der Waals surface area contributed by atoms with Crippen molar-refractivity contribution in [3.8, 4) is 11.4 Å². The SMILES string of the molecule is Cc1ccc(-c2n[nH]c(=S)n2CC(=O)NC[C@](C)(O)c2ccccc2Cl)cc1. The van der Waals surface area contributed by atoms with E-state index in [4.69, 9.17) is 23.8 Å². The maximum Gasteiger partial charge on any atom is 0.240 e. The van der Waals surface area contributed by atoms with Crippen LogP contribution in [0.2, 0.25) is 5.02 Å². The first-order chi connectivity index (χ1) is 13.3. The van der Waals surface area contributed by atoms with E-state index in [0.717, 1.165) is 11.1 Å². The van der Waals surface area contributed by atoms with Gasteiger partial charge in [0.1, 0.15) is 12.1 Å². The molecular weight excluding hydrogens is 396 g/mol. The molecule has 8 heteroatoms. The molecule has 0 bridgehead atoms. The van der Waals surface area contributed by atoms with Gasteiger partial charge < -0.3 is 10.4 Å². The van der Waals surface area contributed by atoms with Crippen molar-refractivity contribution >= 4 is 29.7 Å². The molecule has 0 saturated heterocycles.